The van der Waals surface area contributed by atoms with Crippen LogP contribution in [0.4, 0.5) is 0 Å². The van der Waals surface area contributed by atoms with Gasteiger partial charge in [-0.1, -0.05) is 61.9 Å². The Morgan fingerprint density at radius 1 is 0.852 bits per heavy atom. The number of aryl methyl sites for hydroxylation is 1. The van der Waals surface area contributed by atoms with Crippen LogP contribution in [0.15, 0.2) is 48.5 Å². The summed E-state index contributed by atoms with van der Waals surface area (Å²) in [5.41, 5.74) is 5.51. The quantitative estimate of drug-likeness (QED) is 0.591. The largest absolute Gasteiger partial charge is 0.301 e. The first-order valence-electron chi connectivity index (χ1n) is 10.3. The lowest BCUT2D eigenvalue weighted by Gasteiger charge is -2.53. The molecule has 0 unspecified atom stereocenters. The van der Waals surface area contributed by atoms with E-state index >= 15 is 0 Å². The van der Waals surface area contributed by atoms with Crippen molar-refractivity contribution in [3.8, 4) is 11.1 Å². The number of hydrogen-bond donors (Lipinski definition) is 0. The van der Waals surface area contributed by atoms with Crippen molar-refractivity contribution in [3.63, 3.8) is 0 Å². The number of hydroxylamine groups is 2. The zero-order valence-corrected chi connectivity index (χ0v) is 17.9. The molecule has 0 saturated carbocycles. The van der Waals surface area contributed by atoms with Crippen molar-refractivity contribution >= 4 is 0 Å². The molecule has 27 heavy (non-hydrogen) atoms. The molecule has 1 saturated heterocycles. The van der Waals surface area contributed by atoms with Gasteiger partial charge in [0.15, 0.2) is 0 Å². The third kappa shape index (κ3) is 4.28. The molecule has 2 nitrogen and oxygen atoms in total. The van der Waals surface area contributed by atoms with Gasteiger partial charge in [0, 0.05) is 11.1 Å². The molecule has 0 amide bonds. The minimum atomic E-state index is 0.0228. The summed E-state index contributed by atoms with van der Waals surface area (Å²) < 4.78 is 0. The molecule has 3 rings (SSSR count). The van der Waals surface area contributed by atoms with E-state index in [9.17, 15) is 0 Å². The number of nitrogens with zero attached hydrogens (tertiary/aromatic N) is 1. The van der Waals surface area contributed by atoms with Gasteiger partial charge in [0.25, 0.3) is 0 Å². The van der Waals surface area contributed by atoms with E-state index in [4.69, 9.17) is 4.84 Å². The first-order chi connectivity index (χ1) is 12.8. The maximum Gasteiger partial charge on any atom is 0.0575 e. The maximum atomic E-state index is 5.74. The lowest BCUT2D eigenvalue weighted by Crippen LogP contribution is -2.59. The summed E-state index contributed by atoms with van der Waals surface area (Å²) in [6.07, 6.45) is 4.57. The molecule has 0 bridgehead atoms. The molecule has 2 heteroatoms. The van der Waals surface area contributed by atoms with Crippen molar-refractivity contribution < 1.29 is 4.84 Å². The molecule has 1 aliphatic rings. The number of piperidine rings is 1. The molecular weight excluding hydrogens is 330 g/mol. The van der Waals surface area contributed by atoms with Crippen LogP contribution in [0, 0.1) is 0 Å². The van der Waals surface area contributed by atoms with Crippen LogP contribution in [0.5, 0.6) is 0 Å². The fourth-order valence-corrected chi connectivity index (χ4v) is 5.09. The molecule has 1 aliphatic heterocycles. The minimum Gasteiger partial charge on any atom is -0.301 e. The maximum absolute atomic E-state index is 5.74. The summed E-state index contributed by atoms with van der Waals surface area (Å²) in [5.74, 6) is 0.558. The van der Waals surface area contributed by atoms with Crippen molar-refractivity contribution in [3.05, 3.63) is 59.7 Å². The molecule has 0 aromatic heterocycles. The van der Waals surface area contributed by atoms with Gasteiger partial charge in [0.2, 0.25) is 0 Å². The first-order valence-corrected chi connectivity index (χ1v) is 10.3. The summed E-state index contributed by atoms with van der Waals surface area (Å²) in [5, 5.41) is 2.18. The molecule has 1 fully saturated rings. The second-order valence-corrected chi connectivity index (χ2v) is 9.28. The Balaban J connectivity index is 1.79. The lowest BCUT2D eigenvalue weighted by molar-refractivity contribution is -0.266. The minimum absolute atomic E-state index is 0.0228. The van der Waals surface area contributed by atoms with Crippen molar-refractivity contribution in [2.75, 3.05) is 7.11 Å². The van der Waals surface area contributed by atoms with Gasteiger partial charge in [-0.2, -0.15) is 5.06 Å². The van der Waals surface area contributed by atoms with Gasteiger partial charge in [-0.05, 0) is 75.1 Å². The average molecular weight is 366 g/mol. The third-order valence-electron chi connectivity index (χ3n) is 5.98. The van der Waals surface area contributed by atoms with Crippen molar-refractivity contribution in [2.45, 2.75) is 77.3 Å². The Bertz CT molecular complexity index is 725. The van der Waals surface area contributed by atoms with Gasteiger partial charge in [-0.3, -0.25) is 0 Å². The van der Waals surface area contributed by atoms with Gasteiger partial charge < -0.3 is 4.84 Å². The third-order valence-corrected chi connectivity index (χ3v) is 5.98. The van der Waals surface area contributed by atoms with E-state index in [-0.39, 0.29) is 11.1 Å². The Labute approximate surface area is 165 Å². The molecule has 2 aromatic rings. The molecule has 2 aromatic carbocycles. The van der Waals surface area contributed by atoms with Crippen molar-refractivity contribution in [1.82, 2.24) is 5.06 Å². The highest BCUT2D eigenvalue weighted by Gasteiger charge is 2.46. The van der Waals surface area contributed by atoms with Crippen LogP contribution in [0.3, 0.4) is 0 Å². The molecule has 0 aliphatic carbocycles. The molecular formula is C25H35NO. The smallest absolute Gasteiger partial charge is 0.0575 e. The fourth-order valence-electron chi connectivity index (χ4n) is 5.09. The highest BCUT2D eigenvalue weighted by Crippen LogP contribution is 2.45. The predicted molar refractivity (Wildman–Crippen MR) is 115 cm³/mol. The standard InChI is InChI=1S/C25H35NO/c1-7-8-19-9-11-20(12-10-19)21-13-15-22(16-14-21)23-17-24(2,3)26(27-6)25(4,5)18-23/h9-16,23H,7-8,17-18H2,1-6H3. The molecule has 1 heterocycles. The normalized spacial score (nSPS) is 19.9. The van der Waals surface area contributed by atoms with Crippen LogP contribution >= 0.6 is 0 Å². The number of benzene rings is 2. The lowest BCUT2D eigenvalue weighted by atomic mass is 9.72. The van der Waals surface area contributed by atoms with Crippen LogP contribution in [0.25, 0.3) is 11.1 Å². The number of hydrogen-bond acceptors (Lipinski definition) is 2. The second kappa shape index (κ2) is 7.77. The molecule has 0 N–H and O–H groups in total. The monoisotopic (exact) mass is 365 g/mol. The van der Waals surface area contributed by atoms with Gasteiger partial charge in [-0.25, -0.2) is 0 Å². The topological polar surface area (TPSA) is 12.5 Å². The molecule has 146 valence electrons. The highest BCUT2D eigenvalue weighted by molar-refractivity contribution is 5.64. The summed E-state index contributed by atoms with van der Waals surface area (Å²) in [6, 6.07) is 18.3. The van der Waals surface area contributed by atoms with Crippen molar-refractivity contribution in [1.29, 1.82) is 0 Å². The summed E-state index contributed by atoms with van der Waals surface area (Å²) in [7, 11) is 1.80. The van der Waals surface area contributed by atoms with E-state index in [2.05, 4.69) is 88.2 Å². The molecule has 0 spiro atoms. The van der Waals surface area contributed by atoms with Gasteiger partial charge >= 0.3 is 0 Å². The Kier molecular flexibility index (Phi) is 5.79. The molecule has 0 radical (unpaired) electrons. The van der Waals surface area contributed by atoms with Crippen LogP contribution in [0.1, 0.15) is 70.9 Å². The number of rotatable bonds is 5. The highest BCUT2D eigenvalue weighted by atomic mass is 16.7. The first kappa shape index (κ1) is 20.1. The Morgan fingerprint density at radius 3 is 1.78 bits per heavy atom. The summed E-state index contributed by atoms with van der Waals surface area (Å²) >= 11 is 0. The molecule has 0 atom stereocenters. The van der Waals surface area contributed by atoms with E-state index in [0.29, 0.717) is 5.92 Å². The van der Waals surface area contributed by atoms with Crippen molar-refractivity contribution in [2.24, 2.45) is 0 Å². The summed E-state index contributed by atoms with van der Waals surface area (Å²) in [4.78, 5) is 5.74. The van der Waals surface area contributed by atoms with Crippen LogP contribution in [-0.4, -0.2) is 23.3 Å². The van der Waals surface area contributed by atoms with E-state index in [0.717, 1.165) is 19.3 Å². The zero-order valence-electron chi connectivity index (χ0n) is 17.9. The Morgan fingerprint density at radius 2 is 1.33 bits per heavy atom. The van der Waals surface area contributed by atoms with E-state index in [1.807, 2.05) is 0 Å². The van der Waals surface area contributed by atoms with Gasteiger partial charge in [-0.15, -0.1) is 0 Å². The van der Waals surface area contributed by atoms with E-state index in [1.165, 1.54) is 28.7 Å². The zero-order chi connectivity index (χ0) is 19.7. The van der Waals surface area contributed by atoms with Gasteiger partial charge in [0.1, 0.15) is 0 Å². The van der Waals surface area contributed by atoms with Crippen LogP contribution < -0.4 is 0 Å². The average Bonchev–Trinajstić information content (AvgIpc) is 2.61. The predicted octanol–water partition coefficient (Wildman–Crippen LogP) is 6.60. The summed E-state index contributed by atoms with van der Waals surface area (Å²) in [6.45, 7) is 11.4. The van der Waals surface area contributed by atoms with E-state index in [1.54, 1.807) is 7.11 Å². The van der Waals surface area contributed by atoms with E-state index < -0.39 is 0 Å². The SMILES string of the molecule is CCCc1ccc(-c2ccc(C3CC(C)(C)N(OC)C(C)(C)C3)cc2)cc1. The second-order valence-electron chi connectivity index (χ2n) is 9.28. The van der Waals surface area contributed by atoms with Crippen LogP contribution in [-0.2, 0) is 11.3 Å². The Hall–Kier alpha value is -1.64. The van der Waals surface area contributed by atoms with Gasteiger partial charge in [0.05, 0.1) is 7.11 Å². The fraction of sp³-hybridized carbons (Fsp3) is 0.520. The van der Waals surface area contributed by atoms with Crippen LogP contribution in [0.2, 0.25) is 0 Å².